The number of phenolic OH excluding ortho intramolecular Hbond substituents is 1. The standard InChI is InChI=1S/C13H19Cl2NO3/c1-13(3-4-17,8-19-2)16-7-9-5-10(14)6-11(15)12(9)18/h5-6,16-18H,3-4,7-8H2,1-2H3. The van der Waals surface area contributed by atoms with E-state index in [0.29, 0.717) is 30.2 Å². The molecule has 0 amide bonds. The third-order valence-corrected chi connectivity index (χ3v) is 3.45. The van der Waals surface area contributed by atoms with Crippen LogP contribution in [0.1, 0.15) is 18.9 Å². The Morgan fingerprint density at radius 1 is 1.37 bits per heavy atom. The van der Waals surface area contributed by atoms with Crippen LogP contribution in [0.25, 0.3) is 0 Å². The van der Waals surface area contributed by atoms with E-state index >= 15 is 0 Å². The first-order valence-electron chi connectivity index (χ1n) is 5.93. The van der Waals surface area contributed by atoms with Gasteiger partial charge in [0, 0.05) is 36.4 Å². The molecule has 0 aliphatic rings. The molecule has 1 rings (SSSR count). The Hall–Kier alpha value is -0.520. The zero-order valence-electron chi connectivity index (χ0n) is 11.0. The highest BCUT2D eigenvalue weighted by Gasteiger charge is 2.23. The van der Waals surface area contributed by atoms with E-state index < -0.39 is 0 Å². The average molecular weight is 308 g/mol. The Labute approximate surface area is 123 Å². The topological polar surface area (TPSA) is 61.7 Å². The Bertz CT molecular complexity index is 421. The van der Waals surface area contributed by atoms with Gasteiger partial charge in [0.1, 0.15) is 5.75 Å². The molecule has 0 aliphatic heterocycles. The number of aliphatic hydroxyl groups excluding tert-OH is 1. The maximum absolute atomic E-state index is 9.87. The van der Waals surface area contributed by atoms with Crippen molar-refractivity contribution >= 4 is 23.2 Å². The van der Waals surface area contributed by atoms with E-state index in [2.05, 4.69) is 5.32 Å². The number of aliphatic hydroxyl groups is 1. The molecule has 0 spiro atoms. The molecule has 0 bridgehead atoms. The lowest BCUT2D eigenvalue weighted by atomic mass is 9.99. The summed E-state index contributed by atoms with van der Waals surface area (Å²) in [4.78, 5) is 0. The number of nitrogens with one attached hydrogen (secondary N) is 1. The van der Waals surface area contributed by atoms with Crippen molar-refractivity contribution < 1.29 is 14.9 Å². The van der Waals surface area contributed by atoms with Gasteiger partial charge in [0.25, 0.3) is 0 Å². The fourth-order valence-electron chi connectivity index (χ4n) is 1.84. The first kappa shape index (κ1) is 16.5. The molecule has 4 nitrogen and oxygen atoms in total. The minimum atomic E-state index is -0.384. The van der Waals surface area contributed by atoms with E-state index in [9.17, 15) is 5.11 Å². The minimum Gasteiger partial charge on any atom is -0.506 e. The predicted octanol–water partition coefficient (Wildman–Crippen LogP) is 2.58. The van der Waals surface area contributed by atoms with Crippen molar-refractivity contribution in [2.24, 2.45) is 0 Å². The van der Waals surface area contributed by atoms with Gasteiger partial charge < -0.3 is 20.3 Å². The second-order valence-electron chi connectivity index (χ2n) is 4.72. The van der Waals surface area contributed by atoms with Gasteiger partial charge >= 0.3 is 0 Å². The molecule has 1 unspecified atom stereocenters. The molecule has 0 fully saturated rings. The molecular weight excluding hydrogens is 289 g/mol. The maximum Gasteiger partial charge on any atom is 0.138 e. The van der Waals surface area contributed by atoms with Crippen molar-refractivity contribution in [3.8, 4) is 5.75 Å². The number of benzene rings is 1. The maximum atomic E-state index is 9.87. The summed E-state index contributed by atoms with van der Waals surface area (Å²) >= 11 is 11.8. The summed E-state index contributed by atoms with van der Waals surface area (Å²) < 4.78 is 5.14. The summed E-state index contributed by atoms with van der Waals surface area (Å²) in [6.07, 6.45) is 0.538. The quantitative estimate of drug-likeness (QED) is 0.724. The molecule has 1 aromatic carbocycles. The highest BCUT2D eigenvalue weighted by molar-refractivity contribution is 6.35. The van der Waals surface area contributed by atoms with Gasteiger partial charge in [-0.1, -0.05) is 23.2 Å². The van der Waals surface area contributed by atoms with Crippen LogP contribution < -0.4 is 5.32 Å². The van der Waals surface area contributed by atoms with E-state index in [-0.39, 0.29) is 22.9 Å². The zero-order chi connectivity index (χ0) is 14.5. The molecule has 0 heterocycles. The number of methoxy groups -OCH3 is 1. The van der Waals surface area contributed by atoms with Crippen LogP contribution in [0.5, 0.6) is 5.75 Å². The number of halogens is 2. The normalized spacial score (nSPS) is 14.4. The monoisotopic (exact) mass is 307 g/mol. The summed E-state index contributed by atoms with van der Waals surface area (Å²) in [5.74, 6) is 0.0160. The van der Waals surface area contributed by atoms with Crippen LogP contribution in [0.2, 0.25) is 10.0 Å². The molecule has 0 aromatic heterocycles. The fourth-order valence-corrected chi connectivity index (χ4v) is 2.38. The van der Waals surface area contributed by atoms with Gasteiger partial charge in [-0.2, -0.15) is 0 Å². The highest BCUT2D eigenvalue weighted by atomic mass is 35.5. The van der Waals surface area contributed by atoms with Crippen LogP contribution in [-0.2, 0) is 11.3 Å². The van der Waals surface area contributed by atoms with Gasteiger partial charge in [-0.15, -0.1) is 0 Å². The minimum absolute atomic E-state index is 0.0160. The molecule has 1 aromatic rings. The van der Waals surface area contributed by atoms with Crippen LogP contribution in [0.4, 0.5) is 0 Å². The lowest BCUT2D eigenvalue weighted by molar-refractivity contribution is 0.0968. The third kappa shape index (κ3) is 4.82. The SMILES string of the molecule is COCC(C)(CCO)NCc1cc(Cl)cc(Cl)c1O. The van der Waals surface area contributed by atoms with Crippen molar-refractivity contribution in [2.75, 3.05) is 20.3 Å². The van der Waals surface area contributed by atoms with Crippen molar-refractivity contribution in [1.29, 1.82) is 0 Å². The van der Waals surface area contributed by atoms with Crippen LogP contribution in [0, 0.1) is 0 Å². The average Bonchev–Trinajstić information content (AvgIpc) is 2.32. The summed E-state index contributed by atoms with van der Waals surface area (Å²) in [7, 11) is 1.60. The van der Waals surface area contributed by atoms with Gasteiger partial charge in [-0.25, -0.2) is 0 Å². The Morgan fingerprint density at radius 2 is 2.05 bits per heavy atom. The number of rotatable bonds is 7. The molecule has 0 aliphatic carbocycles. The largest absolute Gasteiger partial charge is 0.506 e. The van der Waals surface area contributed by atoms with E-state index in [4.69, 9.17) is 33.0 Å². The number of aromatic hydroxyl groups is 1. The molecule has 1 atom stereocenters. The van der Waals surface area contributed by atoms with E-state index in [1.807, 2.05) is 6.92 Å². The lowest BCUT2D eigenvalue weighted by Crippen LogP contribution is -2.46. The van der Waals surface area contributed by atoms with E-state index in [1.54, 1.807) is 13.2 Å². The fraction of sp³-hybridized carbons (Fsp3) is 0.538. The summed E-state index contributed by atoms with van der Waals surface area (Å²) in [6, 6.07) is 3.14. The Morgan fingerprint density at radius 3 is 2.63 bits per heavy atom. The molecule has 108 valence electrons. The number of phenols is 1. The van der Waals surface area contributed by atoms with E-state index in [0.717, 1.165) is 0 Å². The van der Waals surface area contributed by atoms with Crippen LogP contribution in [-0.4, -0.2) is 36.1 Å². The van der Waals surface area contributed by atoms with Gasteiger partial charge in [-0.3, -0.25) is 0 Å². The summed E-state index contributed by atoms with van der Waals surface area (Å²) in [6.45, 7) is 2.82. The molecule has 0 radical (unpaired) electrons. The van der Waals surface area contributed by atoms with Crippen molar-refractivity contribution in [2.45, 2.75) is 25.4 Å². The third-order valence-electron chi connectivity index (χ3n) is 2.94. The first-order chi connectivity index (χ1) is 8.91. The zero-order valence-corrected chi connectivity index (χ0v) is 12.6. The first-order valence-corrected chi connectivity index (χ1v) is 6.69. The van der Waals surface area contributed by atoms with Crippen LogP contribution in [0.3, 0.4) is 0 Å². The Balaban J connectivity index is 2.79. The van der Waals surface area contributed by atoms with E-state index in [1.165, 1.54) is 6.07 Å². The van der Waals surface area contributed by atoms with Gasteiger partial charge in [0.05, 0.1) is 11.6 Å². The van der Waals surface area contributed by atoms with Crippen LogP contribution in [0.15, 0.2) is 12.1 Å². The van der Waals surface area contributed by atoms with Crippen molar-refractivity contribution in [1.82, 2.24) is 5.32 Å². The second-order valence-corrected chi connectivity index (χ2v) is 5.56. The molecular formula is C13H19Cl2NO3. The van der Waals surface area contributed by atoms with Gasteiger partial charge in [0.2, 0.25) is 0 Å². The smallest absolute Gasteiger partial charge is 0.138 e. The highest BCUT2D eigenvalue weighted by Crippen LogP contribution is 2.31. The molecule has 0 saturated carbocycles. The molecule has 19 heavy (non-hydrogen) atoms. The number of hydrogen-bond donors (Lipinski definition) is 3. The van der Waals surface area contributed by atoms with Crippen LogP contribution >= 0.6 is 23.2 Å². The van der Waals surface area contributed by atoms with Crippen molar-refractivity contribution in [3.63, 3.8) is 0 Å². The second kappa shape index (κ2) is 7.31. The lowest BCUT2D eigenvalue weighted by Gasteiger charge is -2.30. The van der Waals surface area contributed by atoms with Crippen molar-refractivity contribution in [3.05, 3.63) is 27.7 Å². The number of hydrogen-bond acceptors (Lipinski definition) is 4. The summed E-state index contributed by atoms with van der Waals surface area (Å²) in [5, 5.41) is 22.9. The van der Waals surface area contributed by atoms with Gasteiger partial charge in [0.15, 0.2) is 0 Å². The summed E-state index contributed by atoms with van der Waals surface area (Å²) in [5.41, 5.74) is 0.225. The Kier molecular flexibility index (Phi) is 6.36. The number of ether oxygens (including phenoxy) is 1. The molecule has 3 N–H and O–H groups in total. The molecule has 6 heteroatoms. The predicted molar refractivity (Wildman–Crippen MR) is 77.0 cm³/mol. The molecule has 0 saturated heterocycles. The van der Waals surface area contributed by atoms with Gasteiger partial charge in [-0.05, 0) is 25.5 Å².